The first-order valence-electron chi connectivity index (χ1n) is 8.13. The number of carbonyl (C=O) groups is 3. The van der Waals surface area contributed by atoms with Gasteiger partial charge >= 0.3 is 5.97 Å². The van der Waals surface area contributed by atoms with Crippen molar-refractivity contribution in [2.45, 2.75) is 13.0 Å². The van der Waals surface area contributed by atoms with Crippen molar-refractivity contribution >= 4 is 23.3 Å². The number of ether oxygens (including phenoxy) is 3. The fourth-order valence-corrected chi connectivity index (χ4v) is 2.45. The Balaban J connectivity index is 1.59. The largest absolute Gasteiger partial charge is 0.506 e. The number of nitrogens with one attached hydrogen (secondary N) is 1. The molecule has 0 fully saturated rings. The number of carbonyl (C=O) groups excluding carboxylic acids is 3. The molecule has 2 aromatic rings. The zero-order chi connectivity index (χ0) is 19.4. The van der Waals surface area contributed by atoms with Gasteiger partial charge in [-0.2, -0.15) is 0 Å². The molecule has 0 saturated carbocycles. The normalized spacial score (nSPS) is 14.9. The molecule has 1 atom stereocenters. The fourth-order valence-electron chi connectivity index (χ4n) is 2.45. The van der Waals surface area contributed by atoms with Crippen LogP contribution in [0.25, 0.3) is 0 Å². The van der Waals surface area contributed by atoms with E-state index in [2.05, 4.69) is 5.32 Å². The standard InChI is InChI=1S/C19H17NO7/c1-11(21)20-13-8-12(6-7-14(13)22)15(23)9-26-19(24)18-10-25-16-4-2-3-5-17(16)27-18/h2-8,18,22H,9-10H2,1H3,(H,20,21)/t18-/m1/s1. The molecule has 2 N–H and O–H groups in total. The third kappa shape index (κ3) is 4.35. The topological polar surface area (TPSA) is 111 Å². The minimum atomic E-state index is -0.970. The summed E-state index contributed by atoms with van der Waals surface area (Å²) in [6.07, 6.45) is -0.970. The van der Waals surface area contributed by atoms with Gasteiger partial charge in [0.1, 0.15) is 12.4 Å². The SMILES string of the molecule is CC(=O)Nc1cc(C(=O)COC(=O)[C@H]2COc3ccccc3O2)ccc1O. The van der Waals surface area contributed by atoms with E-state index in [1.54, 1.807) is 24.3 Å². The first-order chi connectivity index (χ1) is 12.9. The summed E-state index contributed by atoms with van der Waals surface area (Å²) < 4.78 is 16.0. The Labute approximate surface area is 154 Å². The van der Waals surface area contributed by atoms with Gasteiger partial charge in [-0.3, -0.25) is 9.59 Å². The number of Topliss-reactive ketones (excluding diaryl/α,β-unsaturated/α-hetero) is 1. The molecule has 0 radical (unpaired) electrons. The highest BCUT2D eigenvalue weighted by Crippen LogP contribution is 2.31. The van der Waals surface area contributed by atoms with Crippen molar-refractivity contribution in [1.29, 1.82) is 0 Å². The van der Waals surface area contributed by atoms with Gasteiger partial charge in [-0.15, -0.1) is 0 Å². The van der Waals surface area contributed by atoms with Crippen LogP contribution in [-0.4, -0.2) is 42.1 Å². The van der Waals surface area contributed by atoms with Crippen LogP contribution in [0.3, 0.4) is 0 Å². The van der Waals surface area contributed by atoms with Crippen molar-refractivity contribution in [2.75, 3.05) is 18.5 Å². The van der Waals surface area contributed by atoms with Crippen LogP contribution >= 0.6 is 0 Å². The molecule has 1 aliphatic heterocycles. The van der Waals surface area contributed by atoms with Gasteiger partial charge in [-0.25, -0.2) is 4.79 Å². The molecular weight excluding hydrogens is 354 g/mol. The first-order valence-corrected chi connectivity index (χ1v) is 8.13. The number of amides is 1. The van der Waals surface area contributed by atoms with E-state index in [1.165, 1.54) is 25.1 Å². The van der Waals surface area contributed by atoms with Gasteiger partial charge in [0.25, 0.3) is 0 Å². The number of fused-ring (bicyclic) bond motifs is 1. The Morgan fingerprint density at radius 1 is 1.19 bits per heavy atom. The van der Waals surface area contributed by atoms with Gasteiger partial charge in [0.2, 0.25) is 12.0 Å². The van der Waals surface area contributed by atoms with Gasteiger partial charge in [0, 0.05) is 12.5 Å². The van der Waals surface area contributed by atoms with Crippen molar-refractivity contribution in [3.05, 3.63) is 48.0 Å². The van der Waals surface area contributed by atoms with Crippen LogP contribution in [0, 0.1) is 0 Å². The molecule has 8 heteroatoms. The third-order valence-corrected chi connectivity index (χ3v) is 3.75. The molecule has 0 spiro atoms. The van der Waals surface area contributed by atoms with E-state index in [4.69, 9.17) is 14.2 Å². The molecule has 3 rings (SSSR count). The minimum absolute atomic E-state index is 0.0179. The molecule has 0 saturated heterocycles. The number of aromatic hydroxyl groups is 1. The summed E-state index contributed by atoms with van der Waals surface area (Å²) >= 11 is 0. The van der Waals surface area contributed by atoms with Crippen LogP contribution in [0.15, 0.2) is 42.5 Å². The van der Waals surface area contributed by atoms with Crippen LogP contribution < -0.4 is 14.8 Å². The Kier molecular flexibility index (Phi) is 5.25. The Bertz CT molecular complexity index is 893. The van der Waals surface area contributed by atoms with E-state index in [-0.39, 0.29) is 23.6 Å². The lowest BCUT2D eigenvalue weighted by molar-refractivity contribution is -0.153. The molecule has 0 aliphatic carbocycles. The number of anilines is 1. The number of ketones is 1. The van der Waals surface area contributed by atoms with E-state index >= 15 is 0 Å². The smallest absolute Gasteiger partial charge is 0.351 e. The molecule has 1 aliphatic rings. The summed E-state index contributed by atoms with van der Waals surface area (Å²) in [5.74, 6) is -0.824. The summed E-state index contributed by atoms with van der Waals surface area (Å²) in [6.45, 7) is 0.751. The number of hydrogen-bond acceptors (Lipinski definition) is 7. The molecular formula is C19H17NO7. The van der Waals surface area contributed by atoms with E-state index < -0.39 is 30.4 Å². The second kappa shape index (κ2) is 7.77. The molecule has 27 heavy (non-hydrogen) atoms. The summed E-state index contributed by atoms with van der Waals surface area (Å²) in [5, 5.41) is 12.1. The summed E-state index contributed by atoms with van der Waals surface area (Å²) in [5.41, 5.74) is 0.274. The zero-order valence-electron chi connectivity index (χ0n) is 14.4. The molecule has 0 unspecified atom stereocenters. The quantitative estimate of drug-likeness (QED) is 0.469. The number of phenolic OH excluding ortho intramolecular Hbond substituents is 1. The number of phenols is 1. The third-order valence-electron chi connectivity index (χ3n) is 3.75. The lowest BCUT2D eigenvalue weighted by Gasteiger charge is -2.24. The average Bonchev–Trinajstić information content (AvgIpc) is 2.66. The highest BCUT2D eigenvalue weighted by Gasteiger charge is 2.29. The van der Waals surface area contributed by atoms with Gasteiger partial charge < -0.3 is 24.6 Å². The predicted octanol–water partition coefficient (Wildman–Crippen LogP) is 1.92. The van der Waals surface area contributed by atoms with Gasteiger partial charge in [-0.05, 0) is 30.3 Å². The van der Waals surface area contributed by atoms with Crippen molar-refractivity contribution in [2.24, 2.45) is 0 Å². The Morgan fingerprint density at radius 3 is 2.67 bits per heavy atom. The second-order valence-electron chi connectivity index (χ2n) is 5.81. The number of benzene rings is 2. The Hall–Kier alpha value is -3.55. The lowest BCUT2D eigenvalue weighted by Crippen LogP contribution is -2.38. The molecule has 8 nitrogen and oxygen atoms in total. The first kappa shape index (κ1) is 18.2. The van der Waals surface area contributed by atoms with Crippen molar-refractivity contribution in [3.63, 3.8) is 0 Å². The van der Waals surface area contributed by atoms with E-state index in [9.17, 15) is 19.5 Å². The van der Waals surface area contributed by atoms with Crippen molar-refractivity contribution in [1.82, 2.24) is 0 Å². The number of hydrogen-bond donors (Lipinski definition) is 2. The van der Waals surface area contributed by atoms with Crippen molar-refractivity contribution in [3.8, 4) is 17.2 Å². The van der Waals surface area contributed by atoms with Gasteiger partial charge in [0.05, 0.1) is 5.69 Å². The summed E-state index contributed by atoms with van der Waals surface area (Å²) in [6, 6.07) is 10.9. The van der Waals surface area contributed by atoms with Crippen LogP contribution in [0.5, 0.6) is 17.2 Å². The molecule has 0 bridgehead atoms. The number of esters is 1. The monoisotopic (exact) mass is 371 g/mol. The van der Waals surface area contributed by atoms with Gasteiger partial charge in [0.15, 0.2) is 23.9 Å². The maximum Gasteiger partial charge on any atom is 0.351 e. The van der Waals surface area contributed by atoms with E-state index in [0.29, 0.717) is 11.5 Å². The fraction of sp³-hybridized carbons (Fsp3) is 0.211. The maximum atomic E-state index is 12.2. The number of para-hydroxylation sites is 2. The number of rotatable bonds is 5. The highest BCUT2D eigenvalue weighted by molar-refractivity contribution is 6.00. The molecule has 0 aromatic heterocycles. The molecule has 2 aromatic carbocycles. The van der Waals surface area contributed by atoms with Crippen LogP contribution in [0.4, 0.5) is 5.69 Å². The zero-order valence-corrected chi connectivity index (χ0v) is 14.4. The molecule has 1 amide bonds. The van der Waals surface area contributed by atoms with Crippen LogP contribution in [0.2, 0.25) is 0 Å². The van der Waals surface area contributed by atoms with Gasteiger partial charge in [-0.1, -0.05) is 12.1 Å². The van der Waals surface area contributed by atoms with E-state index in [1.807, 2.05) is 0 Å². The molecule has 1 heterocycles. The average molecular weight is 371 g/mol. The lowest BCUT2D eigenvalue weighted by atomic mass is 10.1. The maximum absolute atomic E-state index is 12.2. The van der Waals surface area contributed by atoms with Crippen LogP contribution in [-0.2, 0) is 14.3 Å². The summed E-state index contributed by atoms with van der Waals surface area (Å²) in [4.78, 5) is 35.5. The predicted molar refractivity (Wildman–Crippen MR) is 94.1 cm³/mol. The van der Waals surface area contributed by atoms with Crippen LogP contribution in [0.1, 0.15) is 17.3 Å². The highest BCUT2D eigenvalue weighted by atomic mass is 16.6. The van der Waals surface area contributed by atoms with Crippen molar-refractivity contribution < 1.29 is 33.7 Å². The Morgan fingerprint density at radius 2 is 1.93 bits per heavy atom. The minimum Gasteiger partial charge on any atom is -0.506 e. The van der Waals surface area contributed by atoms with E-state index in [0.717, 1.165) is 0 Å². The summed E-state index contributed by atoms with van der Waals surface area (Å²) in [7, 11) is 0. The molecule has 140 valence electrons. The second-order valence-corrected chi connectivity index (χ2v) is 5.81.